The molecule has 0 aromatic heterocycles. The fraction of sp³-hybridized carbons (Fsp3) is 0.429. The Balaban J connectivity index is 2.36. The number of aryl methyl sites for hydroxylation is 1. The van der Waals surface area contributed by atoms with Crippen molar-refractivity contribution in [2.45, 2.75) is 32.7 Å². The lowest BCUT2D eigenvalue weighted by Crippen LogP contribution is -2.40. The van der Waals surface area contributed by atoms with Gasteiger partial charge in [-0.25, -0.2) is 0 Å². The lowest BCUT2D eigenvalue weighted by molar-refractivity contribution is -0.142. The van der Waals surface area contributed by atoms with Crippen molar-refractivity contribution >= 4 is 11.9 Å². The Labute approximate surface area is 107 Å². The van der Waals surface area contributed by atoms with Gasteiger partial charge in [0.2, 0.25) is 5.91 Å². The van der Waals surface area contributed by atoms with Crippen LogP contribution >= 0.6 is 0 Å². The van der Waals surface area contributed by atoms with E-state index in [1.165, 1.54) is 0 Å². The molecule has 98 valence electrons. The summed E-state index contributed by atoms with van der Waals surface area (Å²) in [6.07, 6.45) is 1.04. The Kier molecular flexibility index (Phi) is 5.36. The summed E-state index contributed by atoms with van der Waals surface area (Å²) in [6, 6.07) is 9.38. The standard InChI is InChI=1S/C14H19NO3/c1-10(14(17)18)11(2)15-13(16)9-8-12-6-4-3-5-7-12/h3-7,10-11H,8-9H2,1-2H3,(H,15,16)(H,17,18). The number of rotatable bonds is 6. The fourth-order valence-electron chi connectivity index (χ4n) is 1.57. The van der Waals surface area contributed by atoms with E-state index in [1.807, 2.05) is 30.3 Å². The van der Waals surface area contributed by atoms with Crippen LogP contribution in [0.5, 0.6) is 0 Å². The normalized spacial score (nSPS) is 13.7. The Hall–Kier alpha value is -1.84. The van der Waals surface area contributed by atoms with Crippen LogP contribution in [0, 0.1) is 5.92 Å². The zero-order valence-corrected chi connectivity index (χ0v) is 10.7. The fourth-order valence-corrected chi connectivity index (χ4v) is 1.57. The van der Waals surface area contributed by atoms with Crippen molar-refractivity contribution < 1.29 is 14.7 Å². The molecule has 1 aromatic carbocycles. The van der Waals surface area contributed by atoms with Crippen LogP contribution in [-0.4, -0.2) is 23.0 Å². The largest absolute Gasteiger partial charge is 0.481 e. The maximum Gasteiger partial charge on any atom is 0.308 e. The molecule has 0 aliphatic heterocycles. The molecule has 2 unspecified atom stereocenters. The van der Waals surface area contributed by atoms with Crippen molar-refractivity contribution in [3.8, 4) is 0 Å². The maximum absolute atomic E-state index is 11.6. The number of carboxylic acids is 1. The van der Waals surface area contributed by atoms with E-state index in [4.69, 9.17) is 5.11 Å². The molecular formula is C14H19NO3. The van der Waals surface area contributed by atoms with Crippen molar-refractivity contribution in [1.29, 1.82) is 0 Å². The van der Waals surface area contributed by atoms with Crippen LogP contribution in [0.2, 0.25) is 0 Å². The number of nitrogens with one attached hydrogen (secondary N) is 1. The van der Waals surface area contributed by atoms with Gasteiger partial charge in [0.1, 0.15) is 0 Å². The molecule has 0 aliphatic carbocycles. The minimum atomic E-state index is -0.897. The first-order chi connectivity index (χ1) is 8.50. The first-order valence-corrected chi connectivity index (χ1v) is 6.07. The van der Waals surface area contributed by atoms with Gasteiger partial charge in [0.25, 0.3) is 0 Å². The molecule has 0 fully saturated rings. The number of benzene rings is 1. The molecule has 4 heteroatoms. The highest BCUT2D eigenvalue weighted by Gasteiger charge is 2.20. The van der Waals surface area contributed by atoms with E-state index in [2.05, 4.69) is 5.32 Å². The van der Waals surface area contributed by atoms with E-state index >= 15 is 0 Å². The molecule has 4 nitrogen and oxygen atoms in total. The number of aliphatic carboxylic acids is 1. The number of hydrogen-bond donors (Lipinski definition) is 2. The van der Waals surface area contributed by atoms with E-state index in [1.54, 1.807) is 13.8 Å². The van der Waals surface area contributed by atoms with Gasteiger partial charge in [-0.2, -0.15) is 0 Å². The SMILES string of the molecule is CC(NC(=O)CCc1ccccc1)C(C)C(=O)O. The summed E-state index contributed by atoms with van der Waals surface area (Å²) in [5, 5.41) is 11.5. The van der Waals surface area contributed by atoms with Crippen LogP contribution in [0.25, 0.3) is 0 Å². The second kappa shape index (κ2) is 6.79. The van der Waals surface area contributed by atoms with Gasteiger partial charge < -0.3 is 10.4 Å². The Morgan fingerprint density at radius 1 is 1.22 bits per heavy atom. The highest BCUT2D eigenvalue weighted by Crippen LogP contribution is 2.05. The molecular weight excluding hydrogens is 230 g/mol. The van der Waals surface area contributed by atoms with Crippen LogP contribution < -0.4 is 5.32 Å². The third kappa shape index (κ3) is 4.57. The molecule has 2 N–H and O–H groups in total. The van der Waals surface area contributed by atoms with E-state index in [0.29, 0.717) is 12.8 Å². The second-order valence-electron chi connectivity index (χ2n) is 4.47. The average Bonchev–Trinajstić information content (AvgIpc) is 2.36. The smallest absolute Gasteiger partial charge is 0.308 e. The summed E-state index contributed by atoms with van der Waals surface area (Å²) >= 11 is 0. The quantitative estimate of drug-likeness (QED) is 0.808. The third-order valence-electron chi connectivity index (χ3n) is 3.01. The van der Waals surface area contributed by atoms with Gasteiger partial charge in [-0.1, -0.05) is 30.3 Å². The zero-order valence-electron chi connectivity index (χ0n) is 10.7. The molecule has 18 heavy (non-hydrogen) atoms. The molecule has 0 saturated heterocycles. The van der Waals surface area contributed by atoms with Crippen molar-refractivity contribution in [2.24, 2.45) is 5.92 Å². The summed E-state index contributed by atoms with van der Waals surface area (Å²) in [5.41, 5.74) is 1.10. The van der Waals surface area contributed by atoms with Crippen molar-refractivity contribution in [3.05, 3.63) is 35.9 Å². The zero-order chi connectivity index (χ0) is 13.5. The van der Waals surface area contributed by atoms with Gasteiger partial charge in [0.15, 0.2) is 0 Å². The summed E-state index contributed by atoms with van der Waals surface area (Å²) in [6.45, 7) is 3.30. The first kappa shape index (κ1) is 14.2. The monoisotopic (exact) mass is 249 g/mol. The molecule has 0 spiro atoms. The van der Waals surface area contributed by atoms with Gasteiger partial charge in [-0.3, -0.25) is 9.59 Å². The molecule has 2 atom stereocenters. The predicted molar refractivity (Wildman–Crippen MR) is 69.2 cm³/mol. The Morgan fingerprint density at radius 3 is 2.39 bits per heavy atom. The van der Waals surface area contributed by atoms with E-state index in [-0.39, 0.29) is 11.9 Å². The molecule has 0 saturated carbocycles. The minimum Gasteiger partial charge on any atom is -0.481 e. The molecule has 0 radical (unpaired) electrons. The van der Waals surface area contributed by atoms with Crippen LogP contribution in [0.1, 0.15) is 25.8 Å². The van der Waals surface area contributed by atoms with E-state index in [0.717, 1.165) is 5.56 Å². The summed E-state index contributed by atoms with van der Waals surface area (Å²) in [7, 11) is 0. The van der Waals surface area contributed by atoms with Crippen molar-refractivity contribution in [1.82, 2.24) is 5.32 Å². The molecule has 0 bridgehead atoms. The Bertz CT molecular complexity index is 403. The van der Waals surface area contributed by atoms with Gasteiger partial charge in [-0.15, -0.1) is 0 Å². The maximum atomic E-state index is 11.6. The molecule has 1 aromatic rings. The van der Waals surface area contributed by atoms with E-state index in [9.17, 15) is 9.59 Å². The summed E-state index contributed by atoms with van der Waals surface area (Å²) < 4.78 is 0. The average molecular weight is 249 g/mol. The second-order valence-corrected chi connectivity index (χ2v) is 4.47. The van der Waals surface area contributed by atoms with Gasteiger partial charge in [-0.05, 0) is 25.8 Å². The lowest BCUT2D eigenvalue weighted by Gasteiger charge is -2.17. The summed E-state index contributed by atoms with van der Waals surface area (Å²) in [4.78, 5) is 22.4. The van der Waals surface area contributed by atoms with E-state index < -0.39 is 11.9 Å². The number of hydrogen-bond acceptors (Lipinski definition) is 2. The number of carbonyl (C=O) groups excluding carboxylic acids is 1. The summed E-state index contributed by atoms with van der Waals surface area (Å²) in [5.74, 6) is -1.59. The van der Waals surface area contributed by atoms with Gasteiger partial charge >= 0.3 is 5.97 Å². The van der Waals surface area contributed by atoms with Gasteiger partial charge in [0.05, 0.1) is 5.92 Å². The first-order valence-electron chi connectivity index (χ1n) is 6.07. The van der Waals surface area contributed by atoms with Crippen LogP contribution in [0.15, 0.2) is 30.3 Å². The number of amides is 1. The minimum absolute atomic E-state index is 0.112. The third-order valence-corrected chi connectivity index (χ3v) is 3.01. The molecule has 0 aliphatic rings. The molecule has 0 heterocycles. The predicted octanol–water partition coefficient (Wildman–Crippen LogP) is 1.84. The van der Waals surface area contributed by atoms with Crippen LogP contribution in [0.4, 0.5) is 0 Å². The highest BCUT2D eigenvalue weighted by molar-refractivity contribution is 5.78. The molecule has 1 amide bonds. The van der Waals surface area contributed by atoms with Gasteiger partial charge in [0, 0.05) is 12.5 Å². The number of carboxylic acid groups (broad SMARTS) is 1. The van der Waals surface area contributed by atoms with Crippen molar-refractivity contribution in [2.75, 3.05) is 0 Å². The Morgan fingerprint density at radius 2 is 1.83 bits per heavy atom. The topological polar surface area (TPSA) is 66.4 Å². The van der Waals surface area contributed by atoms with Crippen molar-refractivity contribution in [3.63, 3.8) is 0 Å². The van der Waals surface area contributed by atoms with Crippen LogP contribution in [0.3, 0.4) is 0 Å². The lowest BCUT2D eigenvalue weighted by atomic mass is 10.0. The highest BCUT2D eigenvalue weighted by atomic mass is 16.4. The number of carbonyl (C=O) groups is 2. The van der Waals surface area contributed by atoms with Crippen LogP contribution in [-0.2, 0) is 16.0 Å². The molecule has 1 rings (SSSR count).